The lowest BCUT2D eigenvalue weighted by atomic mass is 10.2. The number of amides is 1. The number of alkyl carbamates (subject to hydrolysis) is 1. The number of hydrogen-bond acceptors (Lipinski definition) is 9. The second kappa shape index (κ2) is 14.3. The van der Waals surface area contributed by atoms with Gasteiger partial charge < -0.3 is 25.1 Å². The Labute approximate surface area is 249 Å². The fourth-order valence-electron chi connectivity index (χ4n) is 3.84. The van der Waals surface area contributed by atoms with Gasteiger partial charge in [-0.2, -0.15) is 9.97 Å². The third-order valence-electron chi connectivity index (χ3n) is 6.09. The Morgan fingerprint density at radius 3 is 2.43 bits per heavy atom. The number of rotatable bonds is 14. The molecular weight excluding hydrogens is 582 g/mol. The van der Waals surface area contributed by atoms with E-state index in [1.807, 2.05) is 18.4 Å². The highest BCUT2D eigenvalue weighted by Crippen LogP contribution is 2.20. The molecule has 2 aromatic heterocycles. The van der Waals surface area contributed by atoms with Gasteiger partial charge in [-0.25, -0.2) is 22.9 Å². The molecule has 2 heterocycles. The van der Waals surface area contributed by atoms with Crippen molar-refractivity contribution < 1.29 is 22.7 Å². The van der Waals surface area contributed by atoms with Gasteiger partial charge in [-0.1, -0.05) is 49.7 Å². The lowest BCUT2D eigenvalue weighted by molar-refractivity contribution is 0.143. The highest BCUT2D eigenvalue weighted by Gasteiger charge is 2.15. The van der Waals surface area contributed by atoms with Gasteiger partial charge in [0, 0.05) is 24.7 Å². The van der Waals surface area contributed by atoms with Crippen LogP contribution >= 0.6 is 11.6 Å². The first kappa shape index (κ1) is 31.0. The summed E-state index contributed by atoms with van der Waals surface area (Å²) in [7, 11) is -3.69. The molecule has 14 heteroatoms. The van der Waals surface area contributed by atoms with Gasteiger partial charge in [0.2, 0.25) is 10.0 Å². The molecule has 0 spiro atoms. The number of aromatic nitrogens is 4. The highest BCUT2D eigenvalue weighted by atomic mass is 35.5. The Balaban J connectivity index is 1.17. The third-order valence-corrected chi connectivity index (χ3v) is 7.76. The Kier molecular flexibility index (Phi) is 10.6. The zero-order valence-corrected chi connectivity index (χ0v) is 25.0. The molecule has 42 heavy (non-hydrogen) atoms. The zero-order valence-electron chi connectivity index (χ0n) is 23.4. The first-order chi connectivity index (χ1) is 20.1. The molecular formula is C28H34ClN7O5S. The minimum Gasteiger partial charge on any atom is -0.463 e. The van der Waals surface area contributed by atoms with E-state index in [4.69, 9.17) is 26.8 Å². The van der Waals surface area contributed by atoms with Crippen LogP contribution in [0.4, 0.5) is 10.6 Å². The number of fused-ring (bicyclic) bond motifs is 1. The average Bonchev–Trinajstić information content (AvgIpc) is 3.38. The van der Waals surface area contributed by atoms with Crippen molar-refractivity contribution >= 4 is 44.7 Å². The van der Waals surface area contributed by atoms with Gasteiger partial charge in [0.1, 0.15) is 5.52 Å². The van der Waals surface area contributed by atoms with E-state index in [-0.39, 0.29) is 36.4 Å². The number of carbonyl (C=O) groups excluding carboxylic acids is 1. The van der Waals surface area contributed by atoms with E-state index in [0.717, 1.165) is 11.1 Å². The van der Waals surface area contributed by atoms with Crippen molar-refractivity contribution in [2.45, 2.75) is 51.2 Å². The predicted octanol–water partition coefficient (Wildman–Crippen LogP) is 4.28. The molecule has 0 aliphatic rings. The van der Waals surface area contributed by atoms with Crippen LogP contribution in [0.5, 0.6) is 6.01 Å². The number of sulfonamides is 1. The number of halogens is 1. The number of ether oxygens (including phenoxy) is 2. The second-order valence-corrected chi connectivity index (χ2v) is 12.2. The van der Waals surface area contributed by atoms with E-state index in [1.54, 1.807) is 42.7 Å². The van der Waals surface area contributed by atoms with Gasteiger partial charge in [-0.15, -0.1) is 0 Å². The lowest BCUT2D eigenvalue weighted by Crippen LogP contribution is -2.25. The number of nitrogens with two attached hydrogens (primary N) is 1. The standard InChI is InChI=1S/C28H34ClN7O5S/c1-19(2)17-41-27-34-25(30)24-26(35-27)36(18-32-24)13-3-4-14-40-28(37)31-15-20-7-11-23(12-8-20)42(38,39)33-16-21-5-9-22(29)10-6-21/h5-12,18-19,33H,3-4,13-17H2,1-2H3,(H,31,37)(H2,30,34,35). The maximum Gasteiger partial charge on any atom is 0.407 e. The summed E-state index contributed by atoms with van der Waals surface area (Å²) in [6, 6.07) is 13.4. The molecule has 0 atom stereocenters. The van der Waals surface area contributed by atoms with E-state index >= 15 is 0 Å². The summed E-state index contributed by atoms with van der Waals surface area (Å²) in [5.41, 5.74) is 8.65. The Morgan fingerprint density at radius 2 is 1.71 bits per heavy atom. The molecule has 0 saturated carbocycles. The minimum atomic E-state index is -3.69. The van der Waals surface area contributed by atoms with Crippen LogP contribution in [0.15, 0.2) is 59.8 Å². The van der Waals surface area contributed by atoms with Crippen molar-refractivity contribution in [2.24, 2.45) is 5.92 Å². The summed E-state index contributed by atoms with van der Waals surface area (Å²) in [6.07, 6.45) is 2.44. The van der Waals surface area contributed by atoms with Crippen LogP contribution in [-0.4, -0.2) is 47.2 Å². The SMILES string of the molecule is CC(C)COc1nc(N)c2ncn(CCCCOC(=O)NCc3ccc(S(=O)(=O)NCc4ccc(Cl)cc4)cc3)c2n1. The Morgan fingerprint density at radius 1 is 1.02 bits per heavy atom. The van der Waals surface area contributed by atoms with Crippen LogP contribution in [0, 0.1) is 5.92 Å². The van der Waals surface area contributed by atoms with Crippen molar-refractivity contribution in [1.29, 1.82) is 0 Å². The number of benzene rings is 2. The topological polar surface area (TPSA) is 163 Å². The summed E-state index contributed by atoms with van der Waals surface area (Å²) >= 11 is 5.87. The molecule has 0 aliphatic carbocycles. The molecule has 4 rings (SSSR count). The van der Waals surface area contributed by atoms with Crippen molar-refractivity contribution in [3.63, 3.8) is 0 Å². The summed E-state index contributed by atoms with van der Waals surface area (Å²) in [6.45, 7) is 5.72. The number of hydrogen-bond donors (Lipinski definition) is 3. The predicted molar refractivity (Wildman–Crippen MR) is 159 cm³/mol. The highest BCUT2D eigenvalue weighted by molar-refractivity contribution is 7.89. The van der Waals surface area contributed by atoms with Crippen LogP contribution in [0.1, 0.15) is 37.8 Å². The van der Waals surface area contributed by atoms with E-state index < -0.39 is 16.1 Å². The quantitative estimate of drug-likeness (QED) is 0.176. The number of nitrogen functional groups attached to an aromatic ring is 1. The molecule has 12 nitrogen and oxygen atoms in total. The number of aryl methyl sites for hydroxylation is 1. The first-order valence-corrected chi connectivity index (χ1v) is 15.3. The van der Waals surface area contributed by atoms with E-state index in [0.29, 0.717) is 48.1 Å². The molecule has 0 saturated heterocycles. The number of nitrogens with zero attached hydrogens (tertiary/aromatic N) is 4. The van der Waals surface area contributed by atoms with Crippen LogP contribution < -0.4 is 20.5 Å². The summed E-state index contributed by atoms with van der Waals surface area (Å²) in [5.74, 6) is 0.589. The number of anilines is 1. The maximum atomic E-state index is 12.6. The summed E-state index contributed by atoms with van der Waals surface area (Å²) in [4.78, 5) is 25.2. The van der Waals surface area contributed by atoms with E-state index in [1.165, 1.54) is 12.1 Å². The minimum absolute atomic E-state index is 0.127. The monoisotopic (exact) mass is 615 g/mol. The van der Waals surface area contributed by atoms with Crippen molar-refractivity contribution in [3.05, 3.63) is 71.0 Å². The molecule has 4 N–H and O–H groups in total. The fraction of sp³-hybridized carbons (Fsp3) is 0.357. The van der Waals surface area contributed by atoms with E-state index in [9.17, 15) is 13.2 Å². The van der Waals surface area contributed by atoms with Crippen molar-refractivity contribution in [3.8, 4) is 6.01 Å². The van der Waals surface area contributed by atoms with Crippen LogP contribution in [0.3, 0.4) is 0 Å². The normalized spacial score (nSPS) is 11.6. The smallest absolute Gasteiger partial charge is 0.407 e. The third kappa shape index (κ3) is 8.78. The van der Waals surface area contributed by atoms with Gasteiger partial charge >= 0.3 is 12.1 Å². The first-order valence-electron chi connectivity index (χ1n) is 13.5. The molecule has 224 valence electrons. The van der Waals surface area contributed by atoms with Gasteiger partial charge in [0.25, 0.3) is 0 Å². The molecule has 1 amide bonds. The zero-order chi connectivity index (χ0) is 30.1. The van der Waals surface area contributed by atoms with E-state index in [2.05, 4.69) is 25.0 Å². The molecule has 0 unspecified atom stereocenters. The fourth-order valence-corrected chi connectivity index (χ4v) is 4.98. The van der Waals surface area contributed by atoms with Crippen LogP contribution in [0.25, 0.3) is 11.2 Å². The van der Waals surface area contributed by atoms with Gasteiger partial charge in [-0.3, -0.25) is 0 Å². The largest absolute Gasteiger partial charge is 0.463 e. The molecule has 0 fully saturated rings. The average molecular weight is 616 g/mol. The number of nitrogens with one attached hydrogen (secondary N) is 2. The van der Waals surface area contributed by atoms with Crippen molar-refractivity contribution in [1.82, 2.24) is 29.6 Å². The Bertz CT molecular complexity index is 1590. The number of imidazole rings is 1. The molecule has 4 aromatic rings. The van der Waals surface area contributed by atoms with Gasteiger partial charge in [-0.05, 0) is 54.2 Å². The van der Waals surface area contributed by atoms with Crippen molar-refractivity contribution in [2.75, 3.05) is 18.9 Å². The molecule has 0 radical (unpaired) electrons. The van der Waals surface area contributed by atoms with Gasteiger partial charge in [0.05, 0.1) is 24.4 Å². The molecule has 0 bridgehead atoms. The Hall–Kier alpha value is -3.94. The lowest BCUT2D eigenvalue weighted by Gasteiger charge is -2.10. The number of unbranched alkanes of at least 4 members (excludes halogenated alkanes) is 1. The number of carbonyl (C=O) groups is 1. The second-order valence-electron chi connectivity index (χ2n) is 10.00. The molecule has 0 aliphatic heterocycles. The summed E-state index contributed by atoms with van der Waals surface area (Å²) < 4.78 is 40.5. The molecule has 2 aromatic carbocycles. The summed E-state index contributed by atoms with van der Waals surface area (Å²) in [5, 5.41) is 3.25. The van der Waals surface area contributed by atoms with Gasteiger partial charge in [0.15, 0.2) is 11.5 Å². The van der Waals surface area contributed by atoms with Crippen LogP contribution in [0.2, 0.25) is 5.02 Å². The van der Waals surface area contributed by atoms with Crippen LogP contribution in [-0.2, 0) is 34.4 Å². The maximum absolute atomic E-state index is 12.6.